The maximum atomic E-state index is 12.4. The molecule has 0 radical (unpaired) electrons. The van der Waals surface area contributed by atoms with Gasteiger partial charge < -0.3 is 10.1 Å². The van der Waals surface area contributed by atoms with Gasteiger partial charge in [0.05, 0.1) is 18.5 Å². The number of carbonyl (C=O) groups excluding carboxylic acids is 1. The summed E-state index contributed by atoms with van der Waals surface area (Å²) in [5, 5.41) is 2.58. The summed E-state index contributed by atoms with van der Waals surface area (Å²) >= 11 is 0. The van der Waals surface area contributed by atoms with Gasteiger partial charge in [-0.1, -0.05) is 30.3 Å². The number of hydrogen-bond acceptors (Lipinski definition) is 4. The second-order valence-corrected chi connectivity index (χ2v) is 8.74. The number of nitrogens with one attached hydrogen (secondary N) is 1. The quantitative estimate of drug-likeness (QED) is 0.545. The summed E-state index contributed by atoms with van der Waals surface area (Å²) in [7, 11) is -3.52. The molecule has 3 aromatic rings. The Morgan fingerprint density at radius 1 is 0.938 bits per heavy atom. The van der Waals surface area contributed by atoms with E-state index in [0.717, 1.165) is 18.4 Å². The minimum Gasteiger partial charge on any atom is -0.406 e. The summed E-state index contributed by atoms with van der Waals surface area (Å²) in [6.07, 6.45) is -3.67. The molecule has 0 saturated heterocycles. The van der Waals surface area contributed by atoms with Crippen LogP contribution in [-0.4, -0.2) is 26.9 Å². The zero-order valence-corrected chi connectivity index (χ0v) is 17.7. The molecule has 1 N–H and O–H groups in total. The van der Waals surface area contributed by atoms with E-state index >= 15 is 0 Å². The highest BCUT2D eigenvalue weighted by Gasteiger charge is 2.31. The van der Waals surface area contributed by atoms with Gasteiger partial charge in [-0.2, -0.15) is 0 Å². The van der Waals surface area contributed by atoms with Crippen LogP contribution in [0, 0.1) is 0 Å². The van der Waals surface area contributed by atoms with Crippen LogP contribution in [0.3, 0.4) is 0 Å². The van der Waals surface area contributed by atoms with Gasteiger partial charge in [0.1, 0.15) is 5.75 Å². The van der Waals surface area contributed by atoms with E-state index in [1.165, 1.54) is 28.6 Å². The Morgan fingerprint density at radius 2 is 1.53 bits per heavy atom. The minimum absolute atomic E-state index is 0.0887. The second kappa shape index (κ2) is 9.31. The predicted molar refractivity (Wildman–Crippen MR) is 115 cm³/mol. The number of anilines is 2. The van der Waals surface area contributed by atoms with Gasteiger partial charge >= 0.3 is 6.36 Å². The second-order valence-electron chi connectivity index (χ2n) is 6.83. The number of alkyl halides is 3. The van der Waals surface area contributed by atoms with Crippen molar-refractivity contribution in [2.24, 2.45) is 0 Å². The number of para-hydroxylation sites is 1. The maximum Gasteiger partial charge on any atom is 0.573 e. The van der Waals surface area contributed by atoms with Crippen LogP contribution < -0.4 is 14.4 Å². The van der Waals surface area contributed by atoms with Crippen LogP contribution in [-0.2, 0) is 16.6 Å². The Hall–Kier alpha value is -3.53. The largest absolute Gasteiger partial charge is 0.573 e. The number of benzene rings is 3. The van der Waals surface area contributed by atoms with E-state index in [-0.39, 0.29) is 6.54 Å². The van der Waals surface area contributed by atoms with Gasteiger partial charge in [-0.15, -0.1) is 13.2 Å². The highest BCUT2D eigenvalue weighted by Crippen LogP contribution is 2.24. The van der Waals surface area contributed by atoms with Gasteiger partial charge in [0.25, 0.3) is 5.91 Å². The van der Waals surface area contributed by atoms with E-state index in [4.69, 9.17) is 0 Å². The number of amides is 1. The maximum absolute atomic E-state index is 12.4. The topological polar surface area (TPSA) is 75.7 Å². The molecule has 0 saturated carbocycles. The van der Waals surface area contributed by atoms with Gasteiger partial charge in [0, 0.05) is 11.3 Å². The molecule has 0 aliphatic heterocycles. The molecule has 0 aromatic heterocycles. The molecule has 0 heterocycles. The van der Waals surface area contributed by atoms with Crippen molar-refractivity contribution in [1.29, 1.82) is 0 Å². The smallest absolute Gasteiger partial charge is 0.406 e. The molecule has 6 nitrogen and oxygen atoms in total. The SMILES string of the molecule is CS(=O)(=O)N(Cc1ccc(C(=O)Nc2ccc(OC(F)(F)F)cc2)cc1)c1ccccc1. The van der Waals surface area contributed by atoms with Crippen LogP contribution in [0.2, 0.25) is 0 Å². The van der Waals surface area contributed by atoms with Crippen LogP contribution >= 0.6 is 0 Å². The molecule has 0 fully saturated rings. The van der Waals surface area contributed by atoms with Gasteiger partial charge in [0.2, 0.25) is 10.0 Å². The van der Waals surface area contributed by atoms with Gasteiger partial charge in [-0.3, -0.25) is 9.10 Å². The molecule has 0 spiro atoms. The van der Waals surface area contributed by atoms with Crippen molar-refractivity contribution >= 4 is 27.3 Å². The Bertz CT molecular complexity index is 1160. The molecule has 3 aromatic carbocycles. The average molecular weight is 464 g/mol. The van der Waals surface area contributed by atoms with Crippen molar-refractivity contribution < 1.29 is 31.1 Å². The van der Waals surface area contributed by atoms with Crippen molar-refractivity contribution in [3.8, 4) is 5.75 Å². The zero-order chi connectivity index (χ0) is 23.4. The van der Waals surface area contributed by atoms with Gasteiger partial charge in [0.15, 0.2) is 0 Å². The third kappa shape index (κ3) is 6.48. The molecule has 0 aliphatic carbocycles. The fraction of sp³-hybridized carbons (Fsp3) is 0.136. The Balaban J connectivity index is 1.67. The first kappa shape index (κ1) is 23.1. The minimum atomic E-state index is -4.79. The highest BCUT2D eigenvalue weighted by atomic mass is 32.2. The number of sulfonamides is 1. The lowest BCUT2D eigenvalue weighted by Crippen LogP contribution is -2.29. The lowest BCUT2D eigenvalue weighted by atomic mass is 10.1. The summed E-state index contributed by atoms with van der Waals surface area (Å²) in [4.78, 5) is 12.4. The fourth-order valence-electron chi connectivity index (χ4n) is 2.86. The van der Waals surface area contributed by atoms with E-state index in [2.05, 4.69) is 10.1 Å². The predicted octanol–water partition coefficient (Wildman–Crippen LogP) is 4.80. The first-order chi connectivity index (χ1) is 15.0. The summed E-state index contributed by atoms with van der Waals surface area (Å²) in [5.41, 5.74) is 1.79. The van der Waals surface area contributed by atoms with E-state index in [1.807, 2.05) is 0 Å². The fourth-order valence-corrected chi connectivity index (χ4v) is 3.75. The number of carbonyl (C=O) groups is 1. The number of halogens is 3. The number of nitrogens with zero attached hydrogens (tertiary/aromatic N) is 1. The van der Waals surface area contributed by atoms with Gasteiger partial charge in [-0.05, 0) is 54.1 Å². The van der Waals surface area contributed by atoms with E-state index < -0.39 is 28.0 Å². The standard InChI is InChI=1S/C22H19F3N2O4S/c1-32(29,30)27(19-5-3-2-4-6-19)15-16-7-9-17(10-8-16)21(28)26-18-11-13-20(14-12-18)31-22(23,24)25/h2-14H,15H2,1H3,(H,26,28). The van der Waals surface area contributed by atoms with Crippen molar-refractivity contribution in [1.82, 2.24) is 0 Å². The Labute approximate surface area is 183 Å². The third-order valence-electron chi connectivity index (χ3n) is 4.33. The summed E-state index contributed by atoms with van der Waals surface area (Å²) in [6, 6.07) is 19.8. The molecule has 0 bridgehead atoms. The first-order valence-electron chi connectivity index (χ1n) is 9.30. The zero-order valence-electron chi connectivity index (χ0n) is 16.8. The normalized spacial score (nSPS) is 11.6. The van der Waals surface area contributed by atoms with Crippen molar-refractivity contribution in [3.63, 3.8) is 0 Å². The average Bonchev–Trinajstić information content (AvgIpc) is 2.72. The molecule has 168 valence electrons. The van der Waals surface area contributed by atoms with Gasteiger partial charge in [-0.25, -0.2) is 8.42 Å². The molecule has 0 unspecified atom stereocenters. The molecule has 10 heteroatoms. The van der Waals surface area contributed by atoms with Crippen LogP contribution in [0.1, 0.15) is 15.9 Å². The Morgan fingerprint density at radius 3 is 2.06 bits per heavy atom. The molecule has 0 aliphatic rings. The van der Waals surface area contributed by atoms with Crippen LogP contribution in [0.25, 0.3) is 0 Å². The molecular weight excluding hydrogens is 445 g/mol. The lowest BCUT2D eigenvalue weighted by Gasteiger charge is -2.22. The lowest BCUT2D eigenvalue weighted by molar-refractivity contribution is -0.274. The summed E-state index contributed by atoms with van der Waals surface area (Å²) in [6.45, 7) is 0.0887. The summed E-state index contributed by atoms with van der Waals surface area (Å²) in [5.74, 6) is -0.863. The molecule has 1 amide bonds. The van der Waals surface area contributed by atoms with E-state index in [9.17, 15) is 26.4 Å². The summed E-state index contributed by atoms with van der Waals surface area (Å²) < 4.78 is 66.1. The van der Waals surface area contributed by atoms with Crippen molar-refractivity contribution in [3.05, 3.63) is 90.0 Å². The van der Waals surface area contributed by atoms with Crippen LogP contribution in [0.15, 0.2) is 78.9 Å². The Kier molecular flexibility index (Phi) is 6.73. The molecule has 32 heavy (non-hydrogen) atoms. The van der Waals surface area contributed by atoms with E-state index in [0.29, 0.717) is 22.5 Å². The number of hydrogen-bond donors (Lipinski definition) is 1. The van der Waals surface area contributed by atoms with Crippen molar-refractivity contribution in [2.45, 2.75) is 12.9 Å². The molecule has 0 atom stereocenters. The number of ether oxygens (including phenoxy) is 1. The third-order valence-corrected chi connectivity index (χ3v) is 5.47. The highest BCUT2D eigenvalue weighted by molar-refractivity contribution is 7.92. The molecule has 3 rings (SSSR count). The van der Waals surface area contributed by atoms with Crippen LogP contribution in [0.5, 0.6) is 5.75 Å². The number of rotatable bonds is 7. The monoisotopic (exact) mass is 464 g/mol. The van der Waals surface area contributed by atoms with Crippen molar-refractivity contribution in [2.75, 3.05) is 15.9 Å². The van der Waals surface area contributed by atoms with E-state index in [1.54, 1.807) is 42.5 Å². The molecular formula is C22H19F3N2O4S. The first-order valence-corrected chi connectivity index (χ1v) is 11.1. The van der Waals surface area contributed by atoms with Crippen LogP contribution in [0.4, 0.5) is 24.5 Å².